The van der Waals surface area contributed by atoms with Crippen LogP contribution in [-0.2, 0) is 17.8 Å². The number of benzene rings is 2. The Morgan fingerprint density at radius 3 is 2.30 bits per heavy atom. The number of aryl methyl sites for hydroxylation is 1. The molecule has 0 atom stereocenters. The monoisotopic (exact) mass is 560 g/mol. The third kappa shape index (κ3) is 7.74. The van der Waals surface area contributed by atoms with Crippen LogP contribution in [0.4, 0.5) is 0 Å². The van der Waals surface area contributed by atoms with Gasteiger partial charge in [0.25, 0.3) is 5.91 Å². The smallest absolute Gasteiger partial charge is 0.254 e. The lowest BCUT2D eigenvalue weighted by atomic mass is 10.1. The summed E-state index contributed by atoms with van der Waals surface area (Å²) in [5.41, 5.74) is 2.45. The number of nitrogens with zero attached hydrogens (tertiary/aromatic N) is 2. The summed E-state index contributed by atoms with van der Waals surface area (Å²) < 4.78 is 10.7. The molecule has 0 saturated heterocycles. The highest BCUT2D eigenvalue weighted by atomic mass is 35.5. The van der Waals surface area contributed by atoms with Crippen LogP contribution in [0.5, 0.6) is 11.5 Å². The summed E-state index contributed by atoms with van der Waals surface area (Å²) >= 11 is 13.8. The number of ether oxygens (including phenoxy) is 2. The number of methoxy groups -OCH3 is 2. The van der Waals surface area contributed by atoms with Crippen molar-refractivity contribution in [3.63, 3.8) is 0 Å². The van der Waals surface area contributed by atoms with Gasteiger partial charge in [-0.05, 0) is 66.2 Å². The van der Waals surface area contributed by atoms with Crippen molar-refractivity contribution in [2.24, 2.45) is 0 Å². The number of rotatable bonds is 12. The Balaban J connectivity index is 1.81. The first-order chi connectivity index (χ1) is 17.7. The van der Waals surface area contributed by atoms with Crippen molar-refractivity contribution in [1.82, 2.24) is 9.80 Å². The maximum Gasteiger partial charge on any atom is 0.254 e. The van der Waals surface area contributed by atoms with Gasteiger partial charge in [-0.1, -0.05) is 35.3 Å². The minimum atomic E-state index is -0.343. The first kappa shape index (κ1) is 28.6. The Morgan fingerprint density at radius 1 is 1.00 bits per heavy atom. The molecular formula is C28H30Cl2N2O4S. The van der Waals surface area contributed by atoms with E-state index in [4.69, 9.17) is 32.7 Å². The highest BCUT2D eigenvalue weighted by Crippen LogP contribution is 2.28. The van der Waals surface area contributed by atoms with E-state index in [9.17, 15) is 9.59 Å². The maximum atomic E-state index is 13.6. The van der Waals surface area contributed by atoms with Crippen molar-refractivity contribution in [3.05, 3.63) is 92.1 Å². The van der Waals surface area contributed by atoms with Gasteiger partial charge in [-0.2, -0.15) is 0 Å². The first-order valence-electron chi connectivity index (χ1n) is 11.6. The quantitative estimate of drug-likeness (QED) is 0.244. The second kappa shape index (κ2) is 13.5. The van der Waals surface area contributed by atoms with E-state index >= 15 is 0 Å². The van der Waals surface area contributed by atoms with Crippen LogP contribution in [0.3, 0.4) is 0 Å². The molecule has 196 valence electrons. The molecule has 0 N–H and O–H groups in total. The molecule has 0 aliphatic carbocycles. The molecule has 6 nitrogen and oxygen atoms in total. The zero-order chi connectivity index (χ0) is 26.9. The number of halogens is 2. The van der Waals surface area contributed by atoms with Gasteiger partial charge >= 0.3 is 0 Å². The van der Waals surface area contributed by atoms with Crippen LogP contribution in [0.25, 0.3) is 0 Å². The predicted molar refractivity (Wildman–Crippen MR) is 150 cm³/mol. The van der Waals surface area contributed by atoms with Gasteiger partial charge in [0.1, 0.15) is 6.54 Å². The largest absolute Gasteiger partial charge is 0.493 e. The summed E-state index contributed by atoms with van der Waals surface area (Å²) in [4.78, 5) is 31.2. The number of hydrogen-bond donors (Lipinski definition) is 0. The predicted octanol–water partition coefficient (Wildman–Crippen LogP) is 6.28. The summed E-state index contributed by atoms with van der Waals surface area (Å²) in [5, 5.41) is 2.72. The molecule has 0 bridgehead atoms. The molecular weight excluding hydrogens is 531 g/mol. The van der Waals surface area contributed by atoms with E-state index < -0.39 is 0 Å². The molecule has 0 saturated carbocycles. The van der Waals surface area contributed by atoms with E-state index in [1.54, 1.807) is 54.7 Å². The zero-order valence-corrected chi connectivity index (χ0v) is 23.5. The van der Waals surface area contributed by atoms with E-state index in [-0.39, 0.29) is 24.9 Å². The number of thiophene rings is 1. The summed E-state index contributed by atoms with van der Waals surface area (Å²) in [6, 6.07) is 12.4. The van der Waals surface area contributed by atoms with Gasteiger partial charge in [-0.15, -0.1) is 17.9 Å². The van der Waals surface area contributed by atoms with Gasteiger partial charge < -0.3 is 19.3 Å². The normalized spacial score (nSPS) is 10.6. The molecule has 9 heteroatoms. The van der Waals surface area contributed by atoms with Crippen molar-refractivity contribution in [1.29, 1.82) is 0 Å². The lowest BCUT2D eigenvalue weighted by Crippen LogP contribution is -2.43. The van der Waals surface area contributed by atoms with E-state index in [2.05, 4.69) is 6.58 Å². The van der Waals surface area contributed by atoms with Crippen LogP contribution >= 0.6 is 34.5 Å². The lowest BCUT2D eigenvalue weighted by molar-refractivity contribution is -0.132. The average Bonchev–Trinajstić information content (AvgIpc) is 3.28. The van der Waals surface area contributed by atoms with Gasteiger partial charge in [0.15, 0.2) is 11.5 Å². The van der Waals surface area contributed by atoms with Crippen LogP contribution in [0.15, 0.2) is 60.5 Å². The van der Waals surface area contributed by atoms with Crippen LogP contribution in [0.2, 0.25) is 10.0 Å². The van der Waals surface area contributed by atoms with Crippen LogP contribution in [-0.4, -0.2) is 55.5 Å². The Labute approximate surface area is 232 Å². The number of amides is 2. The Kier molecular flexibility index (Phi) is 10.4. The van der Waals surface area contributed by atoms with E-state index in [0.29, 0.717) is 46.6 Å². The second-order valence-corrected chi connectivity index (χ2v) is 10.3. The highest BCUT2D eigenvalue weighted by molar-refractivity contribution is 7.10. The first-order valence-corrected chi connectivity index (χ1v) is 13.3. The van der Waals surface area contributed by atoms with Crippen molar-refractivity contribution in [2.45, 2.75) is 19.9 Å². The third-order valence-electron chi connectivity index (χ3n) is 5.85. The van der Waals surface area contributed by atoms with Crippen molar-refractivity contribution in [3.8, 4) is 11.5 Å². The van der Waals surface area contributed by atoms with Gasteiger partial charge in [-0.3, -0.25) is 9.59 Å². The molecule has 37 heavy (non-hydrogen) atoms. The summed E-state index contributed by atoms with van der Waals surface area (Å²) in [6.07, 6.45) is 2.20. The van der Waals surface area contributed by atoms with E-state index in [1.165, 1.54) is 4.90 Å². The van der Waals surface area contributed by atoms with Crippen molar-refractivity contribution < 1.29 is 19.1 Å². The fourth-order valence-corrected chi connectivity index (χ4v) is 5.28. The molecule has 0 aliphatic heterocycles. The molecule has 0 fully saturated rings. The molecule has 0 unspecified atom stereocenters. The number of carbonyl (C=O) groups is 2. The fourth-order valence-electron chi connectivity index (χ4n) is 3.83. The zero-order valence-electron chi connectivity index (χ0n) is 21.1. The second-order valence-electron chi connectivity index (χ2n) is 8.41. The number of hydrogen-bond acceptors (Lipinski definition) is 5. The van der Waals surface area contributed by atoms with E-state index in [1.807, 2.05) is 36.6 Å². The SMILES string of the molecule is C=CCN(CC(=O)N(CCc1ccc(OC)c(OC)c1)Cc1sccc1C)C(=O)c1cc(Cl)cc(Cl)c1. The lowest BCUT2D eigenvalue weighted by Gasteiger charge is -2.27. The van der Waals surface area contributed by atoms with Crippen LogP contribution in [0.1, 0.15) is 26.4 Å². The Morgan fingerprint density at radius 2 is 1.70 bits per heavy atom. The molecule has 2 aromatic carbocycles. The van der Waals surface area contributed by atoms with Crippen LogP contribution < -0.4 is 9.47 Å². The fraction of sp³-hybridized carbons (Fsp3) is 0.286. The standard InChI is InChI=1S/C28H30Cl2N2O4S/c1-5-10-32(28(34)21-14-22(29)16-23(30)15-21)18-27(33)31(17-26-19(2)9-12-37-26)11-8-20-6-7-24(35-3)25(13-20)36-4/h5-7,9,12-16H,1,8,10-11,17-18H2,2-4H3. The molecule has 0 aliphatic rings. The van der Waals surface area contributed by atoms with E-state index in [0.717, 1.165) is 16.0 Å². The Hall–Kier alpha value is -3.00. The minimum Gasteiger partial charge on any atom is -0.493 e. The summed E-state index contributed by atoms with van der Waals surface area (Å²) in [5.74, 6) is 0.768. The highest BCUT2D eigenvalue weighted by Gasteiger charge is 2.23. The van der Waals surface area contributed by atoms with Crippen molar-refractivity contribution >= 4 is 46.4 Å². The third-order valence-corrected chi connectivity index (χ3v) is 7.29. The molecule has 2 amide bonds. The average molecular weight is 562 g/mol. The summed E-state index contributed by atoms with van der Waals surface area (Å²) in [7, 11) is 3.18. The van der Waals surface area contributed by atoms with Gasteiger partial charge in [0.05, 0.1) is 20.8 Å². The molecule has 1 heterocycles. The molecule has 3 aromatic rings. The van der Waals surface area contributed by atoms with Gasteiger partial charge in [-0.25, -0.2) is 0 Å². The molecule has 0 spiro atoms. The topological polar surface area (TPSA) is 59.1 Å². The van der Waals surface area contributed by atoms with Gasteiger partial charge in [0, 0.05) is 33.6 Å². The van der Waals surface area contributed by atoms with Crippen LogP contribution in [0, 0.1) is 6.92 Å². The van der Waals surface area contributed by atoms with Crippen molar-refractivity contribution in [2.75, 3.05) is 33.9 Å². The maximum absolute atomic E-state index is 13.6. The molecule has 3 rings (SSSR count). The summed E-state index contributed by atoms with van der Waals surface area (Å²) in [6.45, 7) is 6.79. The number of carbonyl (C=O) groups excluding carboxylic acids is 2. The molecule has 0 radical (unpaired) electrons. The molecule has 1 aromatic heterocycles. The Bertz CT molecular complexity index is 1240. The minimum absolute atomic E-state index is 0.106. The van der Waals surface area contributed by atoms with Gasteiger partial charge in [0.2, 0.25) is 5.91 Å².